The van der Waals surface area contributed by atoms with Gasteiger partial charge in [0, 0.05) is 4.83 Å². The molecule has 1 aliphatic heterocycles. The van der Waals surface area contributed by atoms with Gasteiger partial charge in [-0.05, 0) is 32.5 Å². The van der Waals surface area contributed by atoms with E-state index in [1.807, 2.05) is 0 Å². The molecule has 0 spiro atoms. The Morgan fingerprint density at radius 3 is 2.30 bits per heavy atom. The van der Waals surface area contributed by atoms with Gasteiger partial charge in [0.25, 0.3) is 0 Å². The lowest BCUT2D eigenvalue weighted by molar-refractivity contribution is 0.246. The van der Waals surface area contributed by atoms with Crippen LogP contribution in [0.2, 0.25) is 0 Å². The Labute approximate surface area is 77.7 Å². The third-order valence-corrected chi connectivity index (χ3v) is 2.88. The Bertz CT molecular complexity index is 81.7. The number of nitrogens with zero attached hydrogens (tertiary/aromatic N) is 1. The van der Waals surface area contributed by atoms with Crippen LogP contribution in [0, 0.1) is 0 Å². The third-order valence-electron chi connectivity index (χ3n) is 1.96. The molecule has 0 unspecified atom stereocenters. The molecule has 0 aliphatic carbocycles. The fourth-order valence-electron chi connectivity index (χ4n) is 1.22. The van der Waals surface area contributed by atoms with Gasteiger partial charge < -0.3 is 4.90 Å². The van der Waals surface area contributed by atoms with Crippen molar-refractivity contribution < 1.29 is 0 Å². The Morgan fingerprint density at radius 2 is 1.90 bits per heavy atom. The Hall–Kier alpha value is 0.730. The first-order chi connectivity index (χ1) is 4.33. The van der Waals surface area contributed by atoms with E-state index in [4.69, 9.17) is 0 Å². The van der Waals surface area contributed by atoms with Crippen molar-refractivity contribution in [3.05, 3.63) is 0 Å². The SMILES string of the molecule is CCN1CCC(Br)CC1.Cl. The lowest BCUT2D eigenvalue weighted by Gasteiger charge is -2.27. The highest BCUT2D eigenvalue weighted by atomic mass is 79.9. The van der Waals surface area contributed by atoms with E-state index in [9.17, 15) is 0 Å². The van der Waals surface area contributed by atoms with Crippen molar-refractivity contribution >= 4 is 28.3 Å². The molecule has 0 atom stereocenters. The molecule has 1 saturated heterocycles. The van der Waals surface area contributed by atoms with E-state index in [0.717, 1.165) is 4.83 Å². The number of likely N-dealkylation sites (tertiary alicyclic amines) is 1. The fraction of sp³-hybridized carbons (Fsp3) is 1.00. The van der Waals surface area contributed by atoms with Gasteiger partial charge in [0.15, 0.2) is 0 Å². The lowest BCUT2D eigenvalue weighted by atomic mass is 10.1. The second-order valence-corrected chi connectivity index (χ2v) is 3.90. The van der Waals surface area contributed by atoms with E-state index in [1.54, 1.807) is 0 Å². The molecule has 62 valence electrons. The summed E-state index contributed by atoms with van der Waals surface area (Å²) in [5.74, 6) is 0. The van der Waals surface area contributed by atoms with E-state index in [1.165, 1.54) is 32.5 Å². The predicted molar refractivity (Wildman–Crippen MR) is 51.3 cm³/mol. The summed E-state index contributed by atoms with van der Waals surface area (Å²) in [5, 5.41) is 0. The van der Waals surface area contributed by atoms with Gasteiger partial charge in [-0.3, -0.25) is 0 Å². The van der Waals surface area contributed by atoms with E-state index in [2.05, 4.69) is 27.8 Å². The van der Waals surface area contributed by atoms with Gasteiger partial charge >= 0.3 is 0 Å². The van der Waals surface area contributed by atoms with Crippen LogP contribution in [0.15, 0.2) is 0 Å². The van der Waals surface area contributed by atoms with Crippen LogP contribution in [0.3, 0.4) is 0 Å². The zero-order chi connectivity index (χ0) is 6.69. The molecule has 1 fully saturated rings. The second-order valence-electron chi connectivity index (χ2n) is 2.61. The molecule has 0 saturated carbocycles. The van der Waals surface area contributed by atoms with Crippen LogP contribution in [0.4, 0.5) is 0 Å². The minimum atomic E-state index is 0. The van der Waals surface area contributed by atoms with Crippen molar-refractivity contribution in [3.63, 3.8) is 0 Å². The van der Waals surface area contributed by atoms with Crippen molar-refractivity contribution in [1.82, 2.24) is 4.90 Å². The van der Waals surface area contributed by atoms with Gasteiger partial charge in [0.2, 0.25) is 0 Å². The van der Waals surface area contributed by atoms with E-state index in [-0.39, 0.29) is 12.4 Å². The van der Waals surface area contributed by atoms with Crippen molar-refractivity contribution in [2.24, 2.45) is 0 Å². The number of alkyl halides is 1. The lowest BCUT2D eigenvalue weighted by Crippen LogP contribution is -2.33. The number of piperidine rings is 1. The van der Waals surface area contributed by atoms with Crippen molar-refractivity contribution in [2.45, 2.75) is 24.6 Å². The summed E-state index contributed by atoms with van der Waals surface area (Å²) in [5.41, 5.74) is 0. The van der Waals surface area contributed by atoms with Gasteiger partial charge in [-0.25, -0.2) is 0 Å². The minimum absolute atomic E-state index is 0. The van der Waals surface area contributed by atoms with E-state index >= 15 is 0 Å². The Balaban J connectivity index is 0.000000810. The standard InChI is InChI=1S/C7H14BrN.ClH/c1-2-9-5-3-7(8)4-6-9;/h7H,2-6H2,1H3;1H. The van der Waals surface area contributed by atoms with Crippen LogP contribution in [-0.2, 0) is 0 Å². The molecule has 1 aliphatic rings. The topological polar surface area (TPSA) is 3.24 Å². The quantitative estimate of drug-likeness (QED) is 0.623. The monoisotopic (exact) mass is 227 g/mol. The zero-order valence-electron chi connectivity index (χ0n) is 6.35. The highest BCUT2D eigenvalue weighted by molar-refractivity contribution is 9.09. The zero-order valence-corrected chi connectivity index (χ0v) is 8.75. The van der Waals surface area contributed by atoms with Gasteiger partial charge in [-0.2, -0.15) is 0 Å². The molecule has 0 amide bonds. The first-order valence-electron chi connectivity index (χ1n) is 3.69. The van der Waals surface area contributed by atoms with Crippen LogP contribution < -0.4 is 0 Å². The average Bonchev–Trinajstić information content (AvgIpc) is 1.90. The molecule has 1 nitrogen and oxygen atoms in total. The summed E-state index contributed by atoms with van der Waals surface area (Å²) in [6.45, 7) is 6.02. The molecule has 0 aromatic heterocycles. The largest absolute Gasteiger partial charge is 0.304 e. The van der Waals surface area contributed by atoms with Crippen molar-refractivity contribution in [3.8, 4) is 0 Å². The highest BCUT2D eigenvalue weighted by Crippen LogP contribution is 2.16. The van der Waals surface area contributed by atoms with Gasteiger partial charge in [-0.1, -0.05) is 22.9 Å². The van der Waals surface area contributed by atoms with Crippen LogP contribution in [0.25, 0.3) is 0 Å². The molecule has 1 rings (SSSR count). The molecule has 1 heterocycles. The average molecular weight is 229 g/mol. The maximum Gasteiger partial charge on any atom is 0.0170 e. The van der Waals surface area contributed by atoms with Gasteiger partial charge in [0.1, 0.15) is 0 Å². The maximum atomic E-state index is 3.62. The first-order valence-corrected chi connectivity index (χ1v) is 4.61. The van der Waals surface area contributed by atoms with E-state index in [0.29, 0.717) is 0 Å². The smallest absolute Gasteiger partial charge is 0.0170 e. The van der Waals surface area contributed by atoms with Crippen LogP contribution in [0.1, 0.15) is 19.8 Å². The Kier molecular flexibility index (Phi) is 5.78. The first kappa shape index (κ1) is 10.7. The number of hydrogen-bond acceptors (Lipinski definition) is 1. The number of rotatable bonds is 1. The summed E-state index contributed by atoms with van der Waals surface area (Å²) in [6.07, 6.45) is 2.65. The summed E-state index contributed by atoms with van der Waals surface area (Å²) in [7, 11) is 0. The minimum Gasteiger partial charge on any atom is -0.304 e. The predicted octanol–water partition coefficient (Wildman–Crippen LogP) is 2.29. The number of hydrogen-bond donors (Lipinski definition) is 0. The molecule has 0 radical (unpaired) electrons. The summed E-state index contributed by atoms with van der Waals surface area (Å²) in [6, 6.07) is 0. The van der Waals surface area contributed by atoms with Crippen molar-refractivity contribution in [2.75, 3.05) is 19.6 Å². The molecular weight excluding hydrogens is 213 g/mol. The Morgan fingerprint density at radius 1 is 1.40 bits per heavy atom. The number of halogens is 2. The summed E-state index contributed by atoms with van der Waals surface area (Å²) in [4.78, 5) is 3.29. The molecule has 3 heteroatoms. The highest BCUT2D eigenvalue weighted by Gasteiger charge is 2.14. The van der Waals surface area contributed by atoms with Crippen LogP contribution in [0.5, 0.6) is 0 Å². The molecule has 0 N–H and O–H groups in total. The van der Waals surface area contributed by atoms with Crippen LogP contribution in [-0.4, -0.2) is 29.4 Å². The molecule has 10 heavy (non-hydrogen) atoms. The normalized spacial score (nSPS) is 22.2. The fourth-order valence-corrected chi connectivity index (χ4v) is 1.63. The molecule has 0 bridgehead atoms. The molecule has 0 aromatic carbocycles. The van der Waals surface area contributed by atoms with E-state index < -0.39 is 0 Å². The second kappa shape index (κ2) is 5.39. The van der Waals surface area contributed by atoms with Gasteiger partial charge in [0.05, 0.1) is 0 Å². The maximum absolute atomic E-state index is 3.62. The molecular formula is C7H15BrClN. The summed E-state index contributed by atoms with van der Waals surface area (Å²) < 4.78 is 0. The van der Waals surface area contributed by atoms with Crippen molar-refractivity contribution in [1.29, 1.82) is 0 Å². The summed E-state index contributed by atoms with van der Waals surface area (Å²) >= 11 is 3.62. The van der Waals surface area contributed by atoms with Gasteiger partial charge in [-0.15, -0.1) is 12.4 Å². The van der Waals surface area contributed by atoms with Crippen LogP contribution >= 0.6 is 28.3 Å². The molecule has 0 aromatic rings. The third kappa shape index (κ3) is 3.22.